The second-order valence-corrected chi connectivity index (χ2v) is 6.30. The topological polar surface area (TPSA) is 59.0 Å². The molecule has 5 heteroatoms. The monoisotopic (exact) mass is 312 g/mol. The van der Waals surface area contributed by atoms with Crippen LogP contribution in [0.4, 0.5) is 5.69 Å². The highest BCUT2D eigenvalue weighted by Gasteiger charge is 2.29. The first-order valence-corrected chi connectivity index (χ1v) is 8.22. The van der Waals surface area contributed by atoms with Crippen molar-refractivity contribution in [3.63, 3.8) is 0 Å². The molecule has 3 rings (SSSR count). The van der Waals surface area contributed by atoms with E-state index in [0.29, 0.717) is 12.6 Å². The van der Waals surface area contributed by atoms with Crippen molar-refractivity contribution in [1.82, 2.24) is 14.9 Å². The van der Waals surface area contributed by atoms with Crippen molar-refractivity contribution in [2.75, 3.05) is 11.9 Å². The summed E-state index contributed by atoms with van der Waals surface area (Å²) in [4.78, 5) is 16.4. The van der Waals surface area contributed by atoms with Crippen LogP contribution in [-0.4, -0.2) is 28.0 Å². The Labute approximate surface area is 137 Å². The highest BCUT2D eigenvalue weighted by Crippen LogP contribution is 2.29. The van der Waals surface area contributed by atoms with Crippen molar-refractivity contribution in [2.45, 2.75) is 45.2 Å². The van der Waals surface area contributed by atoms with Gasteiger partial charge in [-0.3, -0.25) is 4.79 Å². The largest absolute Gasteiger partial charge is 0.376 e. The molecular formula is C18H24N4O. The van der Waals surface area contributed by atoms with E-state index in [-0.39, 0.29) is 11.9 Å². The van der Waals surface area contributed by atoms with Crippen LogP contribution in [0, 0.1) is 13.8 Å². The molecule has 1 aromatic carbocycles. The quantitative estimate of drug-likeness (QED) is 0.892. The zero-order chi connectivity index (χ0) is 16.2. The molecule has 23 heavy (non-hydrogen) atoms. The number of carbonyl (C=O) groups is 1. The number of nitrogens with one attached hydrogen (secondary N) is 2. The Balaban J connectivity index is 1.57. The van der Waals surface area contributed by atoms with Crippen LogP contribution in [0.15, 0.2) is 36.9 Å². The number of aryl methyl sites for hydroxylation is 2. The fourth-order valence-electron chi connectivity index (χ4n) is 3.45. The number of aromatic nitrogens is 2. The van der Waals surface area contributed by atoms with Crippen LogP contribution in [0.1, 0.15) is 36.4 Å². The fourth-order valence-corrected chi connectivity index (χ4v) is 3.45. The first-order valence-electron chi connectivity index (χ1n) is 8.22. The van der Waals surface area contributed by atoms with Gasteiger partial charge in [-0.2, -0.15) is 0 Å². The molecule has 1 aliphatic rings. The van der Waals surface area contributed by atoms with Gasteiger partial charge in [0.1, 0.15) is 0 Å². The Hall–Kier alpha value is -2.30. The predicted octanol–water partition coefficient (Wildman–Crippen LogP) is 2.82. The number of nitrogens with zero attached hydrogens (tertiary/aromatic N) is 2. The van der Waals surface area contributed by atoms with Gasteiger partial charge in [-0.15, -0.1) is 0 Å². The van der Waals surface area contributed by atoms with Crippen molar-refractivity contribution >= 4 is 11.6 Å². The molecule has 2 atom stereocenters. The van der Waals surface area contributed by atoms with Gasteiger partial charge in [0.15, 0.2) is 0 Å². The van der Waals surface area contributed by atoms with E-state index < -0.39 is 0 Å². The molecule has 1 aliphatic carbocycles. The van der Waals surface area contributed by atoms with Gasteiger partial charge in [0, 0.05) is 24.1 Å². The van der Waals surface area contributed by atoms with Crippen LogP contribution in [0.25, 0.3) is 0 Å². The number of amides is 1. The Kier molecular flexibility index (Phi) is 4.65. The summed E-state index contributed by atoms with van der Waals surface area (Å²) in [6.45, 7) is 4.41. The second-order valence-electron chi connectivity index (χ2n) is 6.30. The van der Waals surface area contributed by atoms with Gasteiger partial charge in [0.05, 0.1) is 18.9 Å². The van der Waals surface area contributed by atoms with Crippen LogP contribution >= 0.6 is 0 Å². The lowest BCUT2D eigenvalue weighted by Gasteiger charge is -2.22. The molecule has 2 N–H and O–H groups in total. The highest BCUT2D eigenvalue weighted by atomic mass is 16.2. The molecule has 2 aromatic rings. The molecule has 1 saturated carbocycles. The van der Waals surface area contributed by atoms with Gasteiger partial charge in [-0.05, 0) is 44.2 Å². The molecule has 1 aromatic heterocycles. The maximum absolute atomic E-state index is 12.3. The molecule has 0 saturated heterocycles. The van der Waals surface area contributed by atoms with Gasteiger partial charge < -0.3 is 15.2 Å². The number of rotatable bonds is 5. The molecule has 0 bridgehead atoms. The molecule has 0 spiro atoms. The molecule has 1 heterocycles. The predicted molar refractivity (Wildman–Crippen MR) is 91.5 cm³/mol. The van der Waals surface area contributed by atoms with E-state index in [0.717, 1.165) is 36.1 Å². The first kappa shape index (κ1) is 15.6. The van der Waals surface area contributed by atoms with E-state index in [1.807, 2.05) is 18.6 Å². The lowest BCUT2D eigenvalue weighted by molar-refractivity contribution is -0.120. The number of hydrogen-bond donors (Lipinski definition) is 2. The SMILES string of the molecule is Cc1cccc(C)c1NCC(=O)N[C@H]1CCC[C@@H]1n1ccnc1. The third-order valence-corrected chi connectivity index (χ3v) is 4.64. The summed E-state index contributed by atoms with van der Waals surface area (Å²) in [7, 11) is 0. The average molecular weight is 312 g/mol. The Morgan fingerprint density at radius 3 is 2.78 bits per heavy atom. The standard InChI is InChI=1S/C18H24N4O/c1-13-5-3-6-14(2)18(13)20-11-17(23)21-15-7-4-8-16(15)22-10-9-19-12-22/h3,5-6,9-10,12,15-16,20H,4,7-8,11H2,1-2H3,(H,21,23)/t15-,16-/m0/s1. The zero-order valence-electron chi connectivity index (χ0n) is 13.7. The molecule has 1 amide bonds. The fraction of sp³-hybridized carbons (Fsp3) is 0.444. The van der Waals surface area contributed by atoms with E-state index in [9.17, 15) is 4.79 Å². The van der Waals surface area contributed by atoms with Crippen molar-refractivity contribution < 1.29 is 4.79 Å². The summed E-state index contributed by atoms with van der Waals surface area (Å²) >= 11 is 0. The third kappa shape index (κ3) is 3.55. The number of hydrogen-bond acceptors (Lipinski definition) is 3. The van der Waals surface area contributed by atoms with Crippen molar-refractivity contribution in [3.8, 4) is 0 Å². The number of imidazole rings is 1. The van der Waals surface area contributed by atoms with Gasteiger partial charge in [-0.1, -0.05) is 18.2 Å². The molecular weight excluding hydrogens is 288 g/mol. The highest BCUT2D eigenvalue weighted by molar-refractivity contribution is 5.81. The van der Waals surface area contributed by atoms with E-state index in [4.69, 9.17) is 0 Å². The number of para-hydroxylation sites is 1. The Bertz CT molecular complexity index is 645. The van der Waals surface area contributed by atoms with Crippen LogP contribution in [0.5, 0.6) is 0 Å². The third-order valence-electron chi connectivity index (χ3n) is 4.64. The molecule has 0 radical (unpaired) electrons. The van der Waals surface area contributed by atoms with Gasteiger partial charge in [0.25, 0.3) is 0 Å². The van der Waals surface area contributed by atoms with Crippen LogP contribution in [0.2, 0.25) is 0 Å². The van der Waals surface area contributed by atoms with E-state index in [2.05, 4.69) is 46.2 Å². The smallest absolute Gasteiger partial charge is 0.239 e. The summed E-state index contributed by atoms with van der Waals surface area (Å²) in [5.41, 5.74) is 3.38. The van der Waals surface area contributed by atoms with Crippen molar-refractivity contribution in [2.24, 2.45) is 0 Å². The second kappa shape index (κ2) is 6.86. The zero-order valence-corrected chi connectivity index (χ0v) is 13.7. The van der Waals surface area contributed by atoms with Crippen molar-refractivity contribution in [1.29, 1.82) is 0 Å². The average Bonchev–Trinajstić information content (AvgIpc) is 3.17. The minimum atomic E-state index is 0.0460. The molecule has 0 unspecified atom stereocenters. The van der Waals surface area contributed by atoms with E-state index in [1.54, 1.807) is 6.20 Å². The van der Waals surface area contributed by atoms with Crippen LogP contribution in [-0.2, 0) is 4.79 Å². The summed E-state index contributed by atoms with van der Waals surface area (Å²) in [6, 6.07) is 6.65. The number of anilines is 1. The maximum atomic E-state index is 12.3. The Morgan fingerprint density at radius 1 is 1.30 bits per heavy atom. The minimum absolute atomic E-state index is 0.0460. The maximum Gasteiger partial charge on any atom is 0.239 e. The molecule has 1 fully saturated rings. The minimum Gasteiger partial charge on any atom is -0.376 e. The summed E-state index contributed by atoms with van der Waals surface area (Å²) in [6.07, 6.45) is 8.86. The lowest BCUT2D eigenvalue weighted by atomic mass is 10.1. The normalized spacial score (nSPS) is 20.4. The van der Waals surface area contributed by atoms with E-state index in [1.165, 1.54) is 0 Å². The van der Waals surface area contributed by atoms with Crippen LogP contribution in [0.3, 0.4) is 0 Å². The van der Waals surface area contributed by atoms with Crippen molar-refractivity contribution in [3.05, 3.63) is 48.0 Å². The van der Waals surface area contributed by atoms with Gasteiger partial charge in [-0.25, -0.2) is 4.98 Å². The Morgan fingerprint density at radius 2 is 2.09 bits per heavy atom. The molecule has 0 aliphatic heterocycles. The summed E-state index contributed by atoms with van der Waals surface area (Å²) < 4.78 is 2.11. The number of carbonyl (C=O) groups excluding carboxylic acids is 1. The van der Waals surface area contributed by atoms with Gasteiger partial charge in [0.2, 0.25) is 5.91 Å². The van der Waals surface area contributed by atoms with E-state index >= 15 is 0 Å². The lowest BCUT2D eigenvalue weighted by Crippen LogP contribution is -2.41. The summed E-state index contributed by atoms with van der Waals surface area (Å²) in [5.74, 6) is 0.0460. The summed E-state index contributed by atoms with van der Waals surface area (Å²) in [5, 5.41) is 6.45. The molecule has 5 nitrogen and oxygen atoms in total. The molecule has 122 valence electrons. The first-order chi connectivity index (χ1) is 11.1. The van der Waals surface area contributed by atoms with Crippen LogP contribution < -0.4 is 10.6 Å². The van der Waals surface area contributed by atoms with Gasteiger partial charge >= 0.3 is 0 Å². The number of benzene rings is 1.